The number of H-pyrrole nitrogens is 1. The maximum absolute atomic E-state index is 13.3. The van der Waals surface area contributed by atoms with Crippen LogP contribution in [0.15, 0.2) is 64.3 Å². The van der Waals surface area contributed by atoms with Gasteiger partial charge in [-0.25, -0.2) is 9.36 Å². The molecule has 1 unspecified atom stereocenters. The van der Waals surface area contributed by atoms with Crippen molar-refractivity contribution in [1.82, 2.24) is 9.55 Å². The molecule has 0 bridgehead atoms. The highest BCUT2D eigenvalue weighted by Gasteiger charge is 2.37. The molecule has 3 aromatic rings. The molecule has 2 aromatic carbocycles. The van der Waals surface area contributed by atoms with Crippen molar-refractivity contribution >= 4 is 7.82 Å². The molecular formula is C24H23N2O9P. The van der Waals surface area contributed by atoms with Crippen molar-refractivity contribution in [2.45, 2.75) is 32.5 Å². The lowest BCUT2D eigenvalue weighted by Gasteiger charge is -2.27. The summed E-state index contributed by atoms with van der Waals surface area (Å²) in [6.07, 6.45) is 3.23. The third kappa shape index (κ3) is 4.55. The summed E-state index contributed by atoms with van der Waals surface area (Å²) in [7, 11) is -4.06. The van der Waals surface area contributed by atoms with Gasteiger partial charge < -0.3 is 19.5 Å². The van der Waals surface area contributed by atoms with Crippen LogP contribution in [0.2, 0.25) is 0 Å². The third-order valence-electron chi connectivity index (χ3n) is 5.88. The van der Waals surface area contributed by atoms with Gasteiger partial charge in [0.1, 0.15) is 17.6 Å². The second-order valence-electron chi connectivity index (χ2n) is 8.30. The number of aromatic hydroxyl groups is 1. The van der Waals surface area contributed by atoms with Crippen molar-refractivity contribution in [2.24, 2.45) is 0 Å². The van der Waals surface area contributed by atoms with E-state index in [0.29, 0.717) is 27.8 Å². The van der Waals surface area contributed by atoms with Gasteiger partial charge in [0.15, 0.2) is 6.23 Å². The van der Waals surface area contributed by atoms with Crippen molar-refractivity contribution < 1.29 is 33.1 Å². The molecule has 11 nitrogen and oxygen atoms in total. The number of para-hydroxylation sites is 2. The first-order valence-electron chi connectivity index (χ1n) is 11.1. The number of hydrogen-bond acceptors (Lipinski definition) is 9. The van der Waals surface area contributed by atoms with Crippen molar-refractivity contribution in [1.29, 1.82) is 0 Å². The fourth-order valence-corrected chi connectivity index (χ4v) is 5.23. The van der Waals surface area contributed by atoms with E-state index in [0.717, 1.165) is 0 Å². The number of aryl methyl sites for hydroxylation is 1. The van der Waals surface area contributed by atoms with Crippen LogP contribution in [0.5, 0.6) is 11.5 Å². The molecule has 1 aromatic heterocycles. The SMILES string of the molecule is Cc1cn([C@H]2C=C[C@@H](COP3(=O)OCc4cccc(-c5cccc(CO)c5O)c4O3)O2)c(=O)[nH]c1=O. The number of fused-ring (bicyclic) bond motifs is 1. The molecule has 12 heteroatoms. The summed E-state index contributed by atoms with van der Waals surface area (Å²) < 4.78 is 37.0. The predicted octanol–water partition coefficient (Wildman–Crippen LogP) is 2.90. The number of aromatic nitrogens is 2. The monoisotopic (exact) mass is 514 g/mol. The van der Waals surface area contributed by atoms with E-state index in [2.05, 4.69) is 4.98 Å². The maximum atomic E-state index is 13.3. The summed E-state index contributed by atoms with van der Waals surface area (Å²) in [4.78, 5) is 25.9. The van der Waals surface area contributed by atoms with Gasteiger partial charge in [-0.2, -0.15) is 0 Å². The molecule has 0 saturated heterocycles. The third-order valence-corrected chi connectivity index (χ3v) is 7.20. The fourth-order valence-electron chi connectivity index (χ4n) is 3.99. The molecular weight excluding hydrogens is 491 g/mol. The van der Waals surface area contributed by atoms with Crippen LogP contribution < -0.4 is 15.8 Å². The number of benzene rings is 2. The number of phenols is 1. The summed E-state index contributed by atoms with van der Waals surface area (Å²) in [5.74, 6) is 0.135. The first kappa shape index (κ1) is 24.2. The Balaban J connectivity index is 1.31. The smallest absolute Gasteiger partial charge is 0.507 e. The number of hydrogen-bond donors (Lipinski definition) is 3. The summed E-state index contributed by atoms with van der Waals surface area (Å²) in [6, 6.07) is 10.1. The first-order chi connectivity index (χ1) is 17.3. The number of ether oxygens (including phenoxy) is 1. The zero-order valence-corrected chi connectivity index (χ0v) is 20.0. The molecule has 188 valence electrons. The minimum Gasteiger partial charge on any atom is -0.507 e. The van der Waals surface area contributed by atoms with E-state index >= 15 is 0 Å². The van der Waals surface area contributed by atoms with Crippen molar-refractivity contribution in [2.75, 3.05) is 6.61 Å². The Morgan fingerprint density at radius 2 is 1.94 bits per heavy atom. The molecule has 2 aliphatic heterocycles. The minimum atomic E-state index is -4.06. The fraction of sp³-hybridized carbons (Fsp3) is 0.250. The van der Waals surface area contributed by atoms with E-state index in [1.165, 1.54) is 10.8 Å². The summed E-state index contributed by atoms with van der Waals surface area (Å²) in [6.45, 7) is 0.991. The van der Waals surface area contributed by atoms with E-state index in [-0.39, 0.29) is 31.3 Å². The number of rotatable bonds is 6. The number of aliphatic hydroxyl groups is 1. The minimum absolute atomic E-state index is 0.0447. The lowest BCUT2D eigenvalue weighted by Crippen LogP contribution is -2.33. The highest BCUT2D eigenvalue weighted by Crippen LogP contribution is 2.57. The van der Waals surface area contributed by atoms with Gasteiger partial charge in [0.2, 0.25) is 0 Å². The van der Waals surface area contributed by atoms with Gasteiger partial charge in [-0.05, 0) is 13.0 Å². The van der Waals surface area contributed by atoms with Crippen molar-refractivity contribution in [3.63, 3.8) is 0 Å². The van der Waals surface area contributed by atoms with Crippen LogP contribution in [0.25, 0.3) is 11.1 Å². The van der Waals surface area contributed by atoms with Gasteiger partial charge in [0.05, 0.1) is 19.8 Å². The van der Waals surface area contributed by atoms with Crippen LogP contribution in [0, 0.1) is 6.92 Å². The predicted molar refractivity (Wildman–Crippen MR) is 128 cm³/mol. The molecule has 3 atom stereocenters. The quantitative estimate of drug-likeness (QED) is 0.333. The van der Waals surface area contributed by atoms with Crippen LogP contribution in [-0.2, 0) is 31.6 Å². The number of phosphoric ester groups is 1. The van der Waals surface area contributed by atoms with Crippen molar-refractivity contribution in [3.05, 3.63) is 92.3 Å². The Hall–Kier alpha value is -3.47. The molecule has 5 rings (SSSR count). The maximum Gasteiger partial charge on any atom is 0.530 e. The normalized spacial score (nSPS) is 22.8. The summed E-state index contributed by atoms with van der Waals surface area (Å²) in [5, 5.41) is 20.1. The largest absolute Gasteiger partial charge is 0.530 e. The molecule has 0 saturated carbocycles. The van der Waals surface area contributed by atoms with E-state index in [4.69, 9.17) is 18.3 Å². The van der Waals surface area contributed by atoms with Crippen LogP contribution in [0.4, 0.5) is 0 Å². The highest BCUT2D eigenvalue weighted by atomic mass is 31.2. The topological polar surface area (TPSA) is 149 Å². The lowest BCUT2D eigenvalue weighted by atomic mass is 9.98. The van der Waals surface area contributed by atoms with Gasteiger partial charge in [0, 0.05) is 34.0 Å². The zero-order chi connectivity index (χ0) is 25.4. The van der Waals surface area contributed by atoms with Crippen LogP contribution >= 0.6 is 7.82 Å². The molecule has 0 radical (unpaired) electrons. The molecule has 3 heterocycles. The second kappa shape index (κ2) is 9.53. The molecule has 0 spiro atoms. The van der Waals surface area contributed by atoms with Crippen LogP contribution in [0.3, 0.4) is 0 Å². The number of nitrogens with one attached hydrogen (secondary N) is 1. The van der Waals surface area contributed by atoms with E-state index in [1.54, 1.807) is 55.5 Å². The number of aromatic amines is 1. The summed E-state index contributed by atoms with van der Waals surface area (Å²) >= 11 is 0. The number of aliphatic hydroxyl groups excluding tert-OH is 1. The number of phosphoric acid groups is 1. The molecule has 0 amide bonds. The Morgan fingerprint density at radius 3 is 2.75 bits per heavy atom. The Labute approximate surface area is 204 Å². The van der Waals surface area contributed by atoms with Gasteiger partial charge >= 0.3 is 13.5 Å². The number of nitrogens with zero attached hydrogens (tertiary/aromatic N) is 1. The second-order valence-corrected chi connectivity index (χ2v) is 9.89. The highest BCUT2D eigenvalue weighted by molar-refractivity contribution is 7.49. The molecule has 3 N–H and O–H groups in total. The van der Waals surface area contributed by atoms with Gasteiger partial charge in [-0.3, -0.25) is 23.4 Å². The molecule has 0 aliphatic carbocycles. The average molecular weight is 514 g/mol. The van der Waals surface area contributed by atoms with Gasteiger partial charge in [0.25, 0.3) is 5.56 Å². The molecule has 2 aliphatic rings. The van der Waals surface area contributed by atoms with Crippen molar-refractivity contribution in [3.8, 4) is 22.6 Å². The first-order valence-corrected chi connectivity index (χ1v) is 12.5. The molecule has 0 fully saturated rings. The Morgan fingerprint density at radius 1 is 1.17 bits per heavy atom. The lowest BCUT2D eigenvalue weighted by molar-refractivity contribution is -0.0130. The van der Waals surface area contributed by atoms with Crippen LogP contribution in [0.1, 0.15) is 22.9 Å². The van der Waals surface area contributed by atoms with Crippen LogP contribution in [-0.4, -0.2) is 32.5 Å². The van der Waals surface area contributed by atoms with Gasteiger partial charge in [-0.15, -0.1) is 0 Å². The van der Waals surface area contributed by atoms with E-state index in [9.17, 15) is 24.4 Å². The van der Waals surface area contributed by atoms with E-state index < -0.39 is 31.4 Å². The zero-order valence-electron chi connectivity index (χ0n) is 19.1. The Bertz CT molecular complexity index is 1510. The Kier molecular flexibility index (Phi) is 6.42. The standard InChI is InChI=1S/C24H23N2O9P/c1-14-10-26(24(30)25-23(14)29)20-9-8-17(34-20)13-33-36(31)32-12-16-5-3-7-19(22(16)35-36)18-6-2-4-15(11-27)21(18)28/h2-10,17,20,27-28H,11-13H2,1H3,(H,25,29,30)/t17-,20+,36?/m0/s1. The summed E-state index contributed by atoms with van der Waals surface area (Å²) in [5.41, 5.74) is 1.08. The molecule has 36 heavy (non-hydrogen) atoms. The van der Waals surface area contributed by atoms with Gasteiger partial charge in [-0.1, -0.05) is 42.5 Å². The average Bonchev–Trinajstić information content (AvgIpc) is 3.34. The van der Waals surface area contributed by atoms with E-state index in [1.807, 2.05) is 0 Å².